The summed E-state index contributed by atoms with van der Waals surface area (Å²) in [5.41, 5.74) is -0.525. The van der Waals surface area contributed by atoms with Gasteiger partial charge in [0.1, 0.15) is 11.2 Å². The first-order chi connectivity index (χ1) is 8.31. The topological polar surface area (TPSA) is 62.1 Å². The summed E-state index contributed by atoms with van der Waals surface area (Å²) in [4.78, 5) is 11.9. The van der Waals surface area contributed by atoms with Gasteiger partial charge < -0.3 is 10.1 Å². The van der Waals surface area contributed by atoms with Gasteiger partial charge in [0.05, 0.1) is 23.3 Å². The summed E-state index contributed by atoms with van der Waals surface area (Å²) < 4.78 is 6.63. The highest BCUT2D eigenvalue weighted by molar-refractivity contribution is 9.11. The van der Waals surface area contributed by atoms with Crippen LogP contribution in [-0.4, -0.2) is 13.0 Å². The fraction of sp³-hybridized carbons (Fsp3) is 0.333. The van der Waals surface area contributed by atoms with Crippen molar-refractivity contribution in [3.8, 4) is 11.8 Å². The van der Waals surface area contributed by atoms with Gasteiger partial charge in [0.15, 0.2) is 0 Å². The molecule has 1 N–H and O–H groups in total. The Labute approximate surface area is 123 Å². The van der Waals surface area contributed by atoms with Gasteiger partial charge in [0.25, 0.3) is 0 Å². The lowest BCUT2D eigenvalue weighted by molar-refractivity contribution is -0.121. The standard InChI is InChI=1S/C12H12Br2N2O2/c1-12(2,6-15)11(17)16-9-5-10(18-3)8(14)4-7(9)13/h4-5H,1-3H3,(H,16,17). The van der Waals surface area contributed by atoms with Crippen molar-refractivity contribution >= 4 is 43.5 Å². The van der Waals surface area contributed by atoms with Crippen LogP contribution in [0.1, 0.15) is 13.8 Å². The average molecular weight is 376 g/mol. The smallest absolute Gasteiger partial charge is 0.244 e. The van der Waals surface area contributed by atoms with Crippen molar-refractivity contribution in [3.63, 3.8) is 0 Å². The highest BCUT2D eigenvalue weighted by Crippen LogP contribution is 2.35. The van der Waals surface area contributed by atoms with Crippen LogP contribution in [0.3, 0.4) is 0 Å². The Kier molecular flexibility index (Phi) is 4.77. The number of anilines is 1. The zero-order valence-corrected chi connectivity index (χ0v) is 13.3. The minimum Gasteiger partial charge on any atom is -0.495 e. The van der Waals surface area contributed by atoms with E-state index < -0.39 is 5.41 Å². The fourth-order valence-electron chi connectivity index (χ4n) is 1.11. The maximum atomic E-state index is 11.9. The van der Waals surface area contributed by atoms with Crippen LogP contribution in [0.5, 0.6) is 5.75 Å². The number of hydrogen-bond acceptors (Lipinski definition) is 3. The van der Waals surface area contributed by atoms with Crippen LogP contribution < -0.4 is 10.1 Å². The summed E-state index contributed by atoms with van der Waals surface area (Å²) in [5.74, 6) is 0.235. The van der Waals surface area contributed by atoms with Crippen molar-refractivity contribution < 1.29 is 9.53 Å². The third-order valence-electron chi connectivity index (χ3n) is 2.34. The highest BCUT2D eigenvalue weighted by Gasteiger charge is 2.27. The van der Waals surface area contributed by atoms with Gasteiger partial charge >= 0.3 is 0 Å². The number of ether oxygens (including phenoxy) is 1. The van der Waals surface area contributed by atoms with Crippen molar-refractivity contribution in [2.75, 3.05) is 12.4 Å². The number of nitrogens with zero attached hydrogens (tertiary/aromatic N) is 1. The number of nitriles is 1. The molecule has 0 saturated carbocycles. The summed E-state index contributed by atoms with van der Waals surface area (Å²) in [7, 11) is 1.54. The van der Waals surface area contributed by atoms with Crippen molar-refractivity contribution in [1.29, 1.82) is 5.26 Å². The maximum Gasteiger partial charge on any atom is 0.244 e. The van der Waals surface area contributed by atoms with Crippen molar-refractivity contribution in [2.24, 2.45) is 5.41 Å². The van der Waals surface area contributed by atoms with E-state index in [1.54, 1.807) is 33.1 Å². The third-order valence-corrected chi connectivity index (χ3v) is 3.61. The lowest BCUT2D eigenvalue weighted by Crippen LogP contribution is -2.29. The Morgan fingerprint density at radius 1 is 1.39 bits per heavy atom. The monoisotopic (exact) mass is 374 g/mol. The molecule has 96 valence electrons. The summed E-state index contributed by atoms with van der Waals surface area (Å²) in [5, 5.41) is 11.6. The lowest BCUT2D eigenvalue weighted by Gasteiger charge is -2.17. The Morgan fingerprint density at radius 2 is 2.00 bits per heavy atom. The highest BCUT2D eigenvalue weighted by atomic mass is 79.9. The molecule has 0 fully saturated rings. The molecule has 0 bridgehead atoms. The van der Waals surface area contributed by atoms with Gasteiger partial charge in [-0.2, -0.15) is 5.26 Å². The molecule has 0 unspecified atom stereocenters. The summed E-state index contributed by atoms with van der Waals surface area (Å²) in [6.45, 7) is 3.12. The fourth-order valence-corrected chi connectivity index (χ4v) is 2.37. The molecule has 1 amide bonds. The van der Waals surface area contributed by atoms with Gasteiger partial charge in [-0.3, -0.25) is 4.79 Å². The van der Waals surface area contributed by atoms with E-state index in [0.717, 1.165) is 4.47 Å². The molecule has 0 heterocycles. The van der Waals surface area contributed by atoms with Crippen molar-refractivity contribution in [1.82, 2.24) is 0 Å². The molecule has 1 rings (SSSR count). The second kappa shape index (κ2) is 5.72. The first-order valence-corrected chi connectivity index (χ1v) is 6.66. The maximum absolute atomic E-state index is 11.9. The number of nitrogens with one attached hydrogen (secondary N) is 1. The van der Waals surface area contributed by atoms with Gasteiger partial charge in [-0.1, -0.05) is 0 Å². The zero-order chi connectivity index (χ0) is 13.9. The first-order valence-electron chi connectivity index (χ1n) is 5.07. The molecule has 1 aromatic carbocycles. The number of methoxy groups -OCH3 is 1. The molecular weight excluding hydrogens is 364 g/mol. The molecule has 1 aromatic rings. The predicted molar refractivity (Wildman–Crippen MR) is 76.4 cm³/mol. The van der Waals surface area contributed by atoms with Crippen LogP contribution >= 0.6 is 31.9 Å². The molecule has 6 heteroatoms. The van der Waals surface area contributed by atoms with Crippen LogP contribution in [0.25, 0.3) is 0 Å². The Bertz CT molecular complexity index is 522. The molecule has 0 radical (unpaired) electrons. The number of rotatable bonds is 3. The summed E-state index contributed by atoms with van der Waals surface area (Å²) in [6.07, 6.45) is 0. The van der Waals surface area contributed by atoms with Gasteiger partial charge in [0, 0.05) is 10.5 Å². The number of halogens is 2. The second-order valence-corrected chi connectivity index (χ2v) is 5.87. The van der Waals surface area contributed by atoms with E-state index in [1.165, 1.54) is 0 Å². The molecule has 0 aliphatic heterocycles. The molecule has 18 heavy (non-hydrogen) atoms. The SMILES string of the molecule is COc1cc(NC(=O)C(C)(C)C#N)c(Br)cc1Br. The first kappa shape index (κ1) is 15.0. The third kappa shape index (κ3) is 3.24. The van der Waals surface area contributed by atoms with Crippen LogP contribution in [-0.2, 0) is 4.79 Å². The zero-order valence-electron chi connectivity index (χ0n) is 10.2. The lowest BCUT2D eigenvalue weighted by atomic mass is 9.94. The molecule has 0 atom stereocenters. The number of carbonyl (C=O) groups excluding carboxylic acids is 1. The number of hydrogen-bond donors (Lipinski definition) is 1. The molecular formula is C12H12Br2N2O2. The molecule has 0 saturated heterocycles. The molecule has 4 nitrogen and oxygen atoms in total. The molecule has 0 aliphatic rings. The minimum atomic E-state index is -1.08. The van der Waals surface area contributed by atoms with Crippen LogP contribution in [0.2, 0.25) is 0 Å². The van der Waals surface area contributed by atoms with Crippen LogP contribution in [0.4, 0.5) is 5.69 Å². The van der Waals surface area contributed by atoms with E-state index in [2.05, 4.69) is 37.2 Å². The Morgan fingerprint density at radius 3 is 2.50 bits per heavy atom. The second-order valence-electron chi connectivity index (χ2n) is 4.16. The molecule has 0 aromatic heterocycles. The van der Waals surface area contributed by atoms with Crippen molar-refractivity contribution in [3.05, 3.63) is 21.1 Å². The van der Waals surface area contributed by atoms with Gasteiger partial charge in [-0.15, -0.1) is 0 Å². The van der Waals surface area contributed by atoms with E-state index >= 15 is 0 Å². The van der Waals surface area contributed by atoms with E-state index in [1.807, 2.05) is 6.07 Å². The summed E-state index contributed by atoms with van der Waals surface area (Å²) >= 11 is 6.69. The number of benzene rings is 1. The Hall–Kier alpha value is -1.06. The molecule has 0 aliphatic carbocycles. The van der Waals surface area contributed by atoms with Gasteiger partial charge in [-0.05, 0) is 51.8 Å². The van der Waals surface area contributed by atoms with Crippen LogP contribution in [0.15, 0.2) is 21.1 Å². The van der Waals surface area contributed by atoms with E-state index in [9.17, 15) is 4.79 Å². The summed E-state index contributed by atoms with van der Waals surface area (Å²) in [6, 6.07) is 5.40. The largest absolute Gasteiger partial charge is 0.495 e. The minimum absolute atomic E-state index is 0.366. The number of carbonyl (C=O) groups is 1. The Balaban J connectivity index is 3.06. The predicted octanol–water partition coefficient (Wildman–Crippen LogP) is 3.71. The van der Waals surface area contributed by atoms with E-state index in [-0.39, 0.29) is 5.91 Å². The normalized spacial score (nSPS) is 10.7. The van der Waals surface area contributed by atoms with Gasteiger partial charge in [0.2, 0.25) is 5.91 Å². The van der Waals surface area contributed by atoms with E-state index in [0.29, 0.717) is 15.9 Å². The quantitative estimate of drug-likeness (QED) is 0.875. The van der Waals surface area contributed by atoms with Crippen molar-refractivity contribution in [2.45, 2.75) is 13.8 Å². The van der Waals surface area contributed by atoms with Gasteiger partial charge in [-0.25, -0.2) is 0 Å². The molecule has 0 spiro atoms. The van der Waals surface area contributed by atoms with Crippen LogP contribution in [0, 0.1) is 16.7 Å². The van der Waals surface area contributed by atoms with E-state index in [4.69, 9.17) is 10.00 Å². The number of amides is 1. The average Bonchev–Trinajstić information content (AvgIpc) is 2.32.